The molecule has 1 fully saturated rings. The molecule has 29 heavy (non-hydrogen) atoms. The van der Waals surface area contributed by atoms with E-state index in [1.54, 1.807) is 11.3 Å². The molecule has 0 spiro atoms. The zero-order valence-corrected chi connectivity index (χ0v) is 20.7. The predicted molar refractivity (Wildman–Crippen MR) is 133 cm³/mol. The molecule has 2 aromatic heterocycles. The topological polar surface area (TPSA) is 68.7 Å². The fraction of sp³-hybridized carbons (Fsp3) is 0.550. The third kappa shape index (κ3) is 7.71. The molecule has 0 unspecified atom stereocenters. The average molecular weight is 529 g/mol. The van der Waals surface area contributed by atoms with Gasteiger partial charge in [0.15, 0.2) is 5.96 Å². The summed E-state index contributed by atoms with van der Waals surface area (Å²) in [4.78, 5) is 18.5. The number of anilines is 1. The minimum atomic E-state index is 0. The summed E-state index contributed by atoms with van der Waals surface area (Å²) >= 11 is 1.70. The number of aromatic nitrogens is 2. The largest absolute Gasteiger partial charge is 0.357 e. The van der Waals surface area contributed by atoms with Crippen LogP contribution in [-0.2, 0) is 13.0 Å². The molecule has 0 radical (unpaired) electrons. The van der Waals surface area contributed by atoms with Gasteiger partial charge in [-0.3, -0.25) is 0 Å². The normalized spacial score (nSPS) is 15.1. The van der Waals surface area contributed by atoms with Gasteiger partial charge in [-0.1, -0.05) is 0 Å². The van der Waals surface area contributed by atoms with Crippen LogP contribution in [0.15, 0.2) is 28.7 Å². The van der Waals surface area contributed by atoms with Crippen molar-refractivity contribution in [2.24, 2.45) is 4.99 Å². The molecule has 7 nitrogen and oxygen atoms in total. The monoisotopic (exact) mass is 529 g/mol. The van der Waals surface area contributed by atoms with E-state index in [2.05, 4.69) is 55.8 Å². The van der Waals surface area contributed by atoms with Crippen molar-refractivity contribution in [1.29, 1.82) is 0 Å². The number of rotatable bonds is 7. The summed E-state index contributed by atoms with van der Waals surface area (Å²) < 4.78 is 0. The van der Waals surface area contributed by atoms with E-state index in [1.807, 2.05) is 19.2 Å². The second kappa shape index (κ2) is 12.3. The maximum atomic E-state index is 4.74. The number of guanidine groups is 1. The summed E-state index contributed by atoms with van der Waals surface area (Å²) in [7, 11) is 2.17. The Hall–Kier alpha value is -1.46. The maximum absolute atomic E-state index is 4.74. The minimum Gasteiger partial charge on any atom is -0.357 e. The van der Waals surface area contributed by atoms with Crippen molar-refractivity contribution in [2.45, 2.75) is 26.8 Å². The van der Waals surface area contributed by atoms with E-state index in [9.17, 15) is 0 Å². The first-order valence-electron chi connectivity index (χ1n) is 9.95. The van der Waals surface area contributed by atoms with Crippen LogP contribution in [0.25, 0.3) is 0 Å². The summed E-state index contributed by atoms with van der Waals surface area (Å²) in [5, 5.41) is 9.96. The third-order valence-corrected chi connectivity index (χ3v) is 5.56. The Kier molecular flexibility index (Phi) is 10.1. The Balaban J connectivity index is 0.00000300. The predicted octanol–water partition coefficient (Wildman–Crippen LogP) is 2.51. The number of halogens is 1. The fourth-order valence-electron chi connectivity index (χ4n) is 3.11. The Morgan fingerprint density at radius 1 is 1.24 bits per heavy atom. The standard InChI is InChI=1S/C20H31N7S.HI/c1-4-21-20(23-8-6-18-15-28-16(2)25-18)24-14-17-5-7-22-19(13-17)27-11-9-26(3)10-12-27;/h5,7,13,15H,4,6,8-12,14H2,1-3H3,(H2,21,23,24);1H. The zero-order valence-electron chi connectivity index (χ0n) is 17.5. The van der Waals surface area contributed by atoms with Gasteiger partial charge in [0, 0.05) is 57.3 Å². The Morgan fingerprint density at radius 3 is 2.72 bits per heavy atom. The van der Waals surface area contributed by atoms with Crippen LogP contribution in [-0.4, -0.2) is 67.1 Å². The summed E-state index contributed by atoms with van der Waals surface area (Å²) in [6.45, 7) is 10.6. The van der Waals surface area contributed by atoms with Crippen LogP contribution in [0.1, 0.15) is 23.2 Å². The molecule has 2 aromatic rings. The SMILES string of the molecule is CCNC(=NCc1ccnc(N2CCN(C)CC2)c1)NCCc1csc(C)n1.I. The van der Waals surface area contributed by atoms with Gasteiger partial charge in [0.1, 0.15) is 5.82 Å². The molecule has 0 atom stereocenters. The van der Waals surface area contributed by atoms with Crippen LogP contribution < -0.4 is 15.5 Å². The lowest BCUT2D eigenvalue weighted by molar-refractivity contribution is 0.312. The molecule has 0 saturated carbocycles. The van der Waals surface area contributed by atoms with E-state index in [0.717, 1.165) is 68.2 Å². The lowest BCUT2D eigenvalue weighted by atomic mass is 10.2. The molecule has 0 aromatic carbocycles. The first-order chi connectivity index (χ1) is 13.6. The van der Waals surface area contributed by atoms with E-state index in [4.69, 9.17) is 4.99 Å². The van der Waals surface area contributed by atoms with Gasteiger partial charge in [0.25, 0.3) is 0 Å². The molecule has 9 heteroatoms. The molecular weight excluding hydrogens is 497 g/mol. The van der Waals surface area contributed by atoms with Crippen molar-refractivity contribution in [3.05, 3.63) is 40.0 Å². The number of likely N-dealkylation sites (N-methyl/N-ethyl adjacent to an activating group) is 1. The molecule has 2 N–H and O–H groups in total. The highest BCUT2D eigenvalue weighted by Crippen LogP contribution is 2.15. The van der Waals surface area contributed by atoms with Crippen molar-refractivity contribution in [3.63, 3.8) is 0 Å². The molecule has 1 saturated heterocycles. The van der Waals surface area contributed by atoms with Gasteiger partial charge in [-0.15, -0.1) is 35.3 Å². The highest BCUT2D eigenvalue weighted by atomic mass is 127. The molecule has 3 rings (SSSR count). The maximum Gasteiger partial charge on any atom is 0.191 e. The van der Waals surface area contributed by atoms with Gasteiger partial charge in [-0.2, -0.15) is 0 Å². The fourth-order valence-corrected chi connectivity index (χ4v) is 3.76. The number of hydrogen-bond acceptors (Lipinski definition) is 6. The van der Waals surface area contributed by atoms with Gasteiger partial charge < -0.3 is 20.4 Å². The van der Waals surface area contributed by atoms with Gasteiger partial charge in [-0.25, -0.2) is 15.0 Å². The highest BCUT2D eigenvalue weighted by molar-refractivity contribution is 14.0. The lowest BCUT2D eigenvalue weighted by Gasteiger charge is -2.33. The molecule has 160 valence electrons. The molecule has 3 heterocycles. The number of aryl methyl sites for hydroxylation is 1. The second-order valence-electron chi connectivity index (χ2n) is 7.04. The number of pyridine rings is 1. The summed E-state index contributed by atoms with van der Waals surface area (Å²) in [5.74, 6) is 1.89. The van der Waals surface area contributed by atoms with Crippen molar-refractivity contribution >= 4 is 47.1 Å². The van der Waals surface area contributed by atoms with E-state index in [-0.39, 0.29) is 24.0 Å². The Labute approximate surface area is 195 Å². The Morgan fingerprint density at radius 2 is 2.03 bits per heavy atom. The highest BCUT2D eigenvalue weighted by Gasteiger charge is 2.15. The van der Waals surface area contributed by atoms with E-state index in [0.29, 0.717) is 6.54 Å². The molecule has 0 amide bonds. The molecule has 0 aliphatic carbocycles. The smallest absolute Gasteiger partial charge is 0.191 e. The quantitative estimate of drug-likeness (QED) is 0.327. The van der Waals surface area contributed by atoms with Crippen molar-refractivity contribution in [2.75, 3.05) is 51.2 Å². The molecule has 0 bridgehead atoms. The van der Waals surface area contributed by atoms with Gasteiger partial charge in [0.2, 0.25) is 0 Å². The van der Waals surface area contributed by atoms with E-state index < -0.39 is 0 Å². The molecular formula is C20H32IN7S. The van der Waals surface area contributed by atoms with E-state index in [1.165, 1.54) is 5.56 Å². The van der Waals surface area contributed by atoms with Gasteiger partial charge in [0.05, 0.1) is 17.2 Å². The first kappa shape index (κ1) is 23.8. The van der Waals surface area contributed by atoms with Crippen LogP contribution in [0.2, 0.25) is 0 Å². The minimum absolute atomic E-state index is 0. The van der Waals surface area contributed by atoms with Crippen LogP contribution in [0.4, 0.5) is 5.82 Å². The number of nitrogens with one attached hydrogen (secondary N) is 2. The van der Waals surface area contributed by atoms with Crippen LogP contribution in [0.5, 0.6) is 0 Å². The molecule has 1 aliphatic heterocycles. The van der Waals surface area contributed by atoms with Gasteiger partial charge in [-0.05, 0) is 38.6 Å². The second-order valence-corrected chi connectivity index (χ2v) is 8.10. The number of hydrogen-bond donors (Lipinski definition) is 2. The van der Waals surface area contributed by atoms with Crippen molar-refractivity contribution in [3.8, 4) is 0 Å². The van der Waals surface area contributed by atoms with E-state index >= 15 is 0 Å². The first-order valence-corrected chi connectivity index (χ1v) is 10.8. The van der Waals surface area contributed by atoms with Gasteiger partial charge >= 0.3 is 0 Å². The third-order valence-electron chi connectivity index (χ3n) is 4.74. The lowest BCUT2D eigenvalue weighted by Crippen LogP contribution is -2.44. The van der Waals surface area contributed by atoms with Crippen LogP contribution >= 0.6 is 35.3 Å². The number of aliphatic imine (C=N–C) groups is 1. The zero-order chi connectivity index (χ0) is 19.8. The van der Waals surface area contributed by atoms with Crippen molar-refractivity contribution in [1.82, 2.24) is 25.5 Å². The summed E-state index contributed by atoms with van der Waals surface area (Å²) in [5.41, 5.74) is 2.31. The van der Waals surface area contributed by atoms with Crippen LogP contribution in [0.3, 0.4) is 0 Å². The number of piperazine rings is 1. The number of thiazole rings is 1. The summed E-state index contributed by atoms with van der Waals surface area (Å²) in [6, 6.07) is 4.21. The molecule has 1 aliphatic rings. The Bertz CT molecular complexity index is 772. The summed E-state index contributed by atoms with van der Waals surface area (Å²) in [6.07, 6.45) is 2.79. The average Bonchev–Trinajstić information content (AvgIpc) is 3.12. The van der Waals surface area contributed by atoms with Crippen LogP contribution in [0, 0.1) is 6.92 Å². The number of nitrogens with zero attached hydrogens (tertiary/aromatic N) is 5. The van der Waals surface area contributed by atoms with Crippen molar-refractivity contribution < 1.29 is 0 Å².